The van der Waals surface area contributed by atoms with Gasteiger partial charge in [0.2, 0.25) is 5.82 Å². The minimum atomic E-state index is -0.150. The number of fused-ring (bicyclic) bond motifs is 4. The van der Waals surface area contributed by atoms with Crippen LogP contribution in [0.5, 0.6) is 0 Å². The number of furan rings is 1. The fourth-order valence-electron chi connectivity index (χ4n) is 4.49. The number of amides is 1. The zero-order valence-electron chi connectivity index (χ0n) is 16.0. The number of carbonyl (C=O) groups excluding carboxylic acids is 1. The van der Waals surface area contributed by atoms with Crippen molar-refractivity contribution < 1.29 is 9.21 Å². The van der Waals surface area contributed by atoms with Crippen molar-refractivity contribution in [2.45, 2.75) is 19.3 Å². The maximum absolute atomic E-state index is 13.4. The Morgan fingerprint density at radius 1 is 0.931 bits per heavy atom. The zero-order valence-corrected chi connectivity index (χ0v) is 16.0. The predicted octanol–water partition coefficient (Wildman–Crippen LogP) is 4.18. The molecule has 2 aliphatic rings. The molecule has 4 aromatic rings. The van der Waals surface area contributed by atoms with Crippen LogP contribution in [0.15, 0.2) is 52.9 Å². The first-order valence-corrected chi connectivity index (χ1v) is 10.1. The Morgan fingerprint density at radius 3 is 2.62 bits per heavy atom. The fourth-order valence-corrected chi connectivity index (χ4v) is 4.49. The van der Waals surface area contributed by atoms with E-state index < -0.39 is 0 Å². The van der Waals surface area contributed by atoms with Gasteiger partial charge in [-0.1, -0.05) is 30.3 Å². The van der Waals surface area contributed by atoms with Crippen molar-refractivity contribution in [3.8, 4) is 0 Å². The summed E-state index contributed by atoms with van der Waals surface area (Å²) in [6.07, 6.45) is 3.10. The van der Waals surface area contributed by atoms with E-state index in [-0.39, 0.29) is 11.7 Å². The van der Waals surface area contributed by atoms with Crippen LogP contribution in [-0.4, -0.2) is 35.5 Å². The van der Waals surface area contributed by atoms with Crippen molar-refractivity contribution in [3.63, 3.8) is 0 Å². The number of aromatic nitrogens is 2. The molecule has 2 aromatic carbocycles. The third kappa shape index (κ3) is 2.52. The lowest BCUT2D eigenvalue weighted by Gasteiger charge is -2.19. The number of nitrogens with zero attached hydrogens (tertiary/aromatic N) is 4. The molecule has 0 saturated carbocycles. The summed E-state index contributed by atoms with van der Waals surface area (Å²) >= 11 is 0. The fraction of sp³-hybridized carbons (Fsp3) is 0.261. The van der Waals surface area contributed by atoms with Crippen molar-refractivity contribution in [3.05, 3.63) is 59.9 Å². The van der Waals surface area contributed by atoms with Crippen LogP contribution in [0.2, 0.25) is 0 Å². The summed E-state index contributed by atoms with van der Waals surface area (Å²) < 4.78 is 6.12. The van der Waals surface area contributed by atoms with Gasteiger partial charge < -0.3 is 14.2 Å². The molecule has 0 aliphatic carbocycles. The van der Waals surface area contributed by atoms with Crippen LogP contribution in [0.4, 0.5) is 11.5 Å². The largest absolute Gasteiger partial charge is 0.450 e. The van der Waals surface area contributed by atoms with E-state index in [1.807, 2.05) is 42.5 Å². The van der Waals surface area contributed by atoms with E-state index in [1.165, 1.54) is 5.56 Å². The maximum atomic E-state index is 13.4. The van der Waals surface area contributed by atoms with E-state index >= 15 is 0 Å². The Hall–Kier alpha value is -3.41. The van der Waals surface area contributed by atoms with Crippen molar-refractivity contribution in [1.29, 1.82) is 0 Å². The number of carbonyl (C=O) groups is 1. The second-order valence-corrected chi connectivity index (χ2v) is 7.68. The third-order valence-electron chi connectivity index (χ3n) is 5.93. The number of hydrogen-bond acceptors (Lipinski definition) is 5. The molecular formula is C23H20N4O2. The Balaban J connectivity index is 1.53. The third-order valence-corrected chi connectivity index (χ3v) is 5.93. The van der Waals surface area contributed by atoms with Crippen molar-refractivity contribution in [1.82, 2.24) is 9.97 Å². The molecule has 6 rings (SSSR count). The topological polar surface area (TPSA) is 62.5 Å². The monoisotopic (exact) mass is 384 g/mol. The van der Waals surface area contributed by atoms with Gasteiger partial charge in [0.25, 0.3) is 5.91 Å². The highest BCUT2D eigenvalue weighted by atomic mass is 16.3. The molecule has 6 heteroatoms. The van der Waals surface area contributed by atoms with Crippen molar-refractivity contribution in [2.24, 2.45) is 0 Å². The van der Waals surface area contributed by atoms with E-state index in [0.717, 1.165) is 54.8 Å². The molecular weight excluding hydrogens is 364 g/mol. The van der Waals surface area contributed by atoms with Gasteiger partial charge in [-0.2, -0.15) is 0 Å². The molecule has 1 saturated heterocycles. The number of hydrogen-bond donors (Lipinski definition) is 0. The van der Waals surface area contributed by atoms with E-state index in [0.29, 0.717) is 17.6 Å². The summed E-state index contributed by atoms with van der Waals surface area (Å²) in [5, 5.41) is 0.918. The van der Waals surface area contributed by atoms with E-state index in [4.69, 9.17) is 14.4 Å². The van der Waals surface area contributed by atoms with Crippen LogP contribution in [0.25, 0.3) is 22.1 Å². The summed E-state index contributed by atoms with van der Waals surface area (Å²) in [5.41, 5.74) is 4.31. The van der Waals surface area contributed by atoms with Gasteiger partial charge in [-0.05, 0) is 43.0 Å². The molecule has 0 radical (unpaired) electrons. The number of benzene rings is 2. The molecule has 144 valence electrons. The minimum Gasteiger partial charge on any atom is -0.450 e. The molecule has 0 atom stereocenters. The Kier molecular flexibility index (Phi) is 3.59. The van der Waals surface area contributed by atoms with E-state index in [1.54, 1.807) is 4.90 Å². The standard InChI is InChI=1S/C23H20N4O2/c28-23(27-14-11-15-7-1-3-9-17(15)27)21-24-19-16-8-2-4-10-18(16)29-20(19)22(25-21)26-12-5-6-13-26/h1-4,7-10H,5-6,11-14H2. The second-order valence-electron chi connectivity index (χ2n) is 7.68. The quantitative estimate of drug-likeness (QED) is 0.519. The molecule has 0 spiro atoms. The molecule has 2 aliphatic heterocycles. The second kappa shape index (κ2) is 6.30. The summed E-state index contributed by atoms with van der Waals surface area (Å²) in [5.74, 6) is 0.824. The summed E-state index contributed by atoms with van der Waals surface area (Å²) in [7, 11) is 0. The van der Waals surface area contributed by atoms with Crippen molar-refractivity contribution in [2.75, 3.05) is 29.4 Å². The van der Waals surface area contributed by atoms with Crippen LogP contribution < -0.4 is 9.80 Å². The molecule has 0 N–H and O–H groups in total. The molecule has 0 unspecified atom stereocenters. The Bertz CT molecular complexity index is 1260. The van der Waals surface area contributed by atoms with Gasteiger partial charge >= 0.3 is 0 Å². The number of anilines is 2. The molecule has 29 heavy (non-hydrogen) atoms. The lowest BCUT2D eigenvalue weighted by atomic mass is 10.2. The highest BCUT2D eigenvalue weighted by Gasteiger charge is 2.30. The zero-order chi connectivity index (χ0) is 19.4. The van der Waals surface area contributed by atoms with Crippen LogP contribution >= 0.6 is 0 Å². The van der Waals surface area contributed by atoms with Crippen LogP contribution in [0, 0.1) is 0 Å². The lowest BCUT2D eigenvalue weighted by Crippen LogP contribution is -2.31. The molecule has 4 heterocycles. The minimum absolute atomic E-state index is 0.150. The first kappa shape index (κ1) is 16.5. The normalized spacial score (nSPS) is 16.1. The molecule has 2 aromatic heterocycles. The maximum Gasteiger partial charge on any atom is 0.296 e. The van der Waals surface area contributed by atoms with Crippen LogP contribution in [0.3, 0.4) is 0 Å². The predicted molar refractivity (Wildman–Crippen MR) is 113 cm³/mol. The van der Waals surface area contributed by atoms with Gasteiger partial charge in [-0.3, -0.25) is 4.79 Å². The number of rotatable bonds is 2. The van der Waals surface area contributed by atoms with Gasteiger partial charge in [-0.15, -0.1) is 0 Å². The number of para-hydroxylation sites is 2. The van der Waals surface area contributed by atoms with Crippen LogP contribution in [0.1, 0.15) is 29.0 Å². The molecule has 1 fully saturated rings. The molecule has 6 nitrogen and oxygen atoms in total. The van der Waals surface area contributed by atoms with E-state index in [9.17, 15) is 4.79 Å². The Morgan fingerprint density at radius 2 is 1.72 bits per heavy atom. The highest BCUT2D eigenvalue weighted by Crippen LogP contribution is 2.35. The summed E-state index contributed by atoms with van der Waals surface area (Å²) in [6, 6.07) is 15.9. The average Bonchev–Trinajstić information content (AvgIpc) is 3.50. The summed E-state index contributed by atoms with van der Waals surface area (Å²) in [4.78, 5) is 26.9. The lowest BCUT2D eigenvalue weighted by molar-refractivity contribution is 0.0980. The molecule has 0 bridgehead atoms. The average molecular weight is 384 g/mol. The van der Waals surface area contributed by atoms with Gasteiger partial charge in [0.15, 0.2) is 11.4 Å². The van der Waals surface area contributed by atoms with Crippen molar-refractivity contribution >= 4 is 39.5 Å². The highest BCUT2D eigenvalue weighted by molar-refractivity contribution is 6.10. The van der Waals surface area contributed by atoms with Gasteiger partial charge in [0.05, 0.1) is 0 Å². The van der Waals surface area contributed by atoms with Gasteiger partial charge in [-0.25, -0.2) is 9.97 Å². The van der Waals surface area contributed by atoms with Gasteiger partial charge in [0.1, 0.15) is 11.1 Å². The molecule has 1 amide bonds. The van der Waals surface area contributed by atoms with E-state index in [2.05, 4.69) is 11.0 Å². The van der Waals surface area contributed by atoms with Gasteiger partial charge in [0, 0.05) is 30.7 Å². The first-order valence-electron chi connectivity index (χ1n) is 10.1. The summed E-state index contributed by atoms with van der Waals surface area (Å²) in [6.45, 7) is 2.50. The Labute approximate surface area is 167 Å². The first-order chi connectivity index (χ1) is 14.3. The SMILES string of the molecule is O=C(c1nc(N2CCCC2)c2oc3ccccc3c2n1)N1CCc2ccccc21. The van der Waals surface area contributed by atoms with Crippen LogP contribution in [-0.2, 0) is 6.42 Å². The smallest absolute Gasteiger partial charge is 0.296 e.